The standard InChI is InChI=1S/C20H17N/c1-2-15-12-13-20-18(14-15)17-10-6-7-11-19(17)21(20)16-8-4-3-5-9-16/h3-14H,2H2,1H3. The van der Waals surface area contributed by atoms with Crippen LogP contribution in [0.1, 0.15) is 12.5 Å². The molecule has 21 heavy (non-hydrogen) atoms. The van der Waals surface area contributed by atoms with Crippen molar-refractivity contribution in [2.24, 2.45) is 0 Å². The molecule has 1 nitrogen and oxygen atoms in total. The first-order valence-electron chi connectivity index (χ1n) is 7.46. The molecule has 4 aromatic rings. The Bertz CT molecular complexity index is 917. The molecule has 0 saturated heterocycles. The molecule has 0 spiro atoms. The van der Waals surface area contributed by atoms with Gasteiger partial charge in [0.15, 0.2) is 0 Å². The first-order chi connectivity index (χ1) is 10.4. The highest BCUT2D eigenvalue weighted by atomic mass is 15.0. The van der Waals surface area contributed by atoms with Gasteiger partial charge in [0.05, 0.1) is 11.0 Å². The monoisotopic (exact) mass is 271 g/mol. The smallest absolute Gasteiger partial charge is 0.0541 e. The molecule has 0 N–H and O–H groups in total. The molecule has 3 aromatic carbocycles. The Labute approximate surface area is 124 Å². The zero-order valence-electron chi connectivity index (χ0n) is 12.1. The molecular weight excluding hydrogens is 254 g/mol. The van der Waals surface area contributed by atoms with E-state index < -0.39 is 0 Å². The molecule has 1 aromatic heterocycles. The van der Waals surface area contributed by atoms with E-state index in [9.17, 15) is 0 Å². The van der Waals surface area contributed by atoms with Gasteiger partial charge in [0, 0.05) is 16.5 Å². The van der Waals surface area contributed by atoms with Crippen LogP contribution in [0.2, 0.25) is 0 Å². The second-order valence-electron chi connectivity index (χ2n) is 5.39. The Kier molecular flexibility index (Phi) is 2.78. The fourth-order valence-corrected chi connectivity index (χ4v) is 3.10. The third-order valence-corrected chi connectivity index (χ3v) is 4.16. The fourth-order valence-electron chi connectivity index (χ4n) is 3.10. The van der Waals surface area contributed by atoms with Crippen LogP contribution in [0.4, 0.5) is 0 Å². The molecular formula is C20H17N. The van der Waals surface area contributed by atoms with Crippen LogP contribution in [0.5, 0.6) is 0 Å². The highest BCUT2D eigenvalue weighted by molar-refractivity contribution is 6.09. The summed E-state index contributed by atoms with van der Waals surface area (Å²) < 4.78 is 2.35. The van der Waals surface area contributed by atoms with Crippen molar-refractivity contribution >= 4 is 21.8 Å². The fraction of sp³-hybridized carbons (Fsp3) is 0.100. The largest absolute Gasteiger partial charge is 0.309 e. The minimum absolute atomic E-state index is 1.07. The molecule has 0 unspecified atom stereocenters. The summed E-state index contributed by atoms with van der Waals surface area (Å²) in [6.45, 7) is 2.21. The predicted octanol–water partition coefficient (Wildman–Crippen LogP) is 5.35. The lowest BCUT2D eigenvalue weighted by atomic mass is 10.1. The lowest BCUT2D eigenvalue weighted by Gasteiger charge is -2.07. The van der Waals surface area contributed by atoms with E-state index >= 15 is 0 Å². The summed E-state index contributed by atoms with van der Waals surface area (Å²) in [6, 6.07) is 26.1. The molecule has 0 atom stereocenters. The number of rotatable bonds is 2. The number of fused-ring (bicyclic) bond motifs is 3. The van der Waals surface area contributed by atoms with Gasteiger partial charge in [-0.1, -0.05) is 49.4 Å². The molecule has 0 aliphatic rings. The molecule has 1 heterocycles. The van der Waals surface area contributed by atoms with Crippen LogP contribution in [0, 0.1) is 0 Å². The van der Waals surface area contributed by atoms with E-state index in [-0.39, 0.29) is 0 Å². The molecule has 0 aliphatic heterocycles. The lowest BCUT2D eigenvalue weighted by molar-refractivity contribution is 1.14. The van der Waals surface area contributed by atoms with Gasteiger partial charge in [-0.15, -0.1) is 0 Å². The van der Waals surface area contributed by atoms with Crippen LogP contribution >= 0.6 is 0 Å². The molecule has 0 saturated carbocycles. The van der Waals surface area contributed by atoms with Gasteiger partial charge in [0.1, 0.15) is 0 Å². The minimum Gasteiger partial charge on any atom is -0.309 e. The number of hydrogen-bond donors (Lipinski definition) is 0. The number of aromatic nitrogens is 1. The SMILES string of the molecule is CCc1ccc2c(c1)c1ccccc1n2-c1ccccc1. The van der Waals surface area contributed by atoms with Crippen molar-refractivity contribution < 1.29 is 0 Å². The predicted molar refractivity (Wildman–Crippen MR) is 90.2 cm³/mol. The Morgan fingerprint density at radius 1 is 0.714 bits per heavy atom. The molecule has 0 radical (unpaired) electrons. The Morgan fingerprint density at radius 2 is 1.43 bits per heavy atom. The van der Waals surface area contributed by atoms with E-state index in [1.54, 1.807) is 0 Å². The summed E-state index contributed by atoms with van der Waals surface area (Å²) in [5, 5.41) is 2.67. The van der Waals surface area contributed by atoms with E-state index in [2.05, 4.69) is 84.3 Å². The molecule has 0 bridgehead atoms. The molecule has 0 aliphatic carbocycles. The summed E-state index contributed by atoms with van der Waals surface area (Å²) in [5.74, 6) is 0. The van der Waals surface area contributed by atoms with Gasteiger partial charge in [-0.2, -0.15) is 0 Å². The summed E-state index contributed by atoms with van der Waals surface area (Å²) in [4.78, 5) is 0. The zero-order chi connectivity index (χ0) is 14.2. The van der Waals surface area contributed by atoms with Crippen LogP contribution in [0.25, 0.3) is 27.5 Å². The highest BCUT2D eigenvalue weighted by Crippen LogP contribution is 2.32. The van der Waals surface area contributed by atoms with Gasteiger partial charge in [-0.3, -0.25) is 0 Å². The van der Waals surface area contributed by atoms with Crippen molar-refractivity contribution in [2.75, 3.05) is 0 Å². The van der Waals surface area contributed by atoms with Gasteiger partial charge in [0.25, 0.3) is 0 Å². The van der Waals surface area contributed by atoms with E-state index in [0.717, 1.165) is 6.42 Å². The minimum atomic E-state index is 1.07. The van der Waals surface area contributed by atoms with Crippen molar-refractivity contribution in [3.63, 3.8) is 0 Å². The maximum atomic E-state index is 2.35. The second kappa shape index (κ2) is 4.78. The first kappa shape index (κ1) is 12.2. The van der Waals surface area contributed by atoms with E-state index in [0.29, 0.717) is 0 Å². The Balaban J connectivity index is 2.17. The van der Waals surface area contributed by atoms with E-state index in [4.69, 9.17) is 0 Å². The van der Waals surface area contributed by atoms with Gasteiger partial charge in [-0.25, -0.2) is 0 Å². The zero-order valence-corrected chi connectivity index (χ0v) is 12.1. The van der Waals surface area contributed by atoms with Gasteiger partial charge >= 0.3 is 0 Å². The summed E-state index contributed by atoms with van der Waals surface area (Å²) in [5.41, 5.74) is 5.15. The van der Waals surface area contributed by atoms with Crippen LogP contribution in [0.3, 0.4) is 0 Å². The molecule has 4 rings (SSSR count). The van der Waals surface area contributed by atoms with Crippen molar-refractivity contribution in [1.29, 1.82) is 0 Å². The number of para-hydroxylation sites is 2. The average molecular weight is 271 g/mol. The van der Waals surface area contributed by atoms with Crippen LogP contribution in [-0.2, 0) is 6.42 Å². The number of benzene rings is 3. The molecule has 102 valence electrons. The van der Waals surface area contributed by atoms with E-state index in [1.165, 1.54) is 33.1 Å². The maximum Gasteiger partial charge on any atom is 0.0541 e. The molecule has 0 amide bonds. The van der Waals surface area contributed by atoms with Crippen LogP contribution < -0.4 is 0 Å². The highest BCUT2D eigenvalue weighted by Gasteiger charge is 2.11. The van der Waals surface area contributed by atoms with Gasteiger partial charge < -0.3 is 4.57 Å². The topological polar surface area (TPSA) is 4.93 Å². The number of aryl methyl sites for hydroxylation is 1. The molecule has 0 fully saturated rings. The first-order valence-corrected chi connectivity index (χ1v) is 7.46. The summed E-state index contributed by atoms with van der Waals surface area (Å²) >= 11 is 0. The quantitative estimate of drug-likeness (QED) is 0.463. The third kappa shape index (κ3) is 1.85. The third-order valence-electron chi connectivity index (χ3n) is 4.16. The maximum absolute atomic E-state index is 2.35. The van der Waals surface area contributed by atoms with Gasteiger partial charge in [0.2, 0.25) is 0 Å². The normalized spacial score (nSPS) is 11.3. The van der Waals surface area contributed by atoms with Crippen molar-refractivity contribution in [1.82, 2.24) is 4.57 Å². The lowest BCUT2D eigenvalue weighted by Crippen LogP contribution is -1.92. The van der Waals surface area contributed by atoms with Crippen molar-refractivity contribution in [3.8, 4) is 5.69 Å². The number of hydrogen-bond acceptors (Lipinski definition) is 0. The summed E-state index contributed by atoms with van der Waals surface area (Å²) in [6.07, 6.45) is 1.07. The Morgan fingerprint density at radius 3 is 2.24 bits per heavy atom. The Hall–Kier alpha value is -2.54. The second-order valence-corrected chi connectivity index (χ2v) is 5.39. The number of nitrogens with zero attached hydrogens (tertiary/aromatic N) is 1. The molecule has 1 heteroatoms. The van der Waals surface area contributed by atoms with Gasteiger partial charge in [-0.05, 0) is 42.3 Å². The van der Waals surface area contributed by atoms with Crippen LogP contribution in [0.15, 0.2) is 72.8 Å². The summed E-state index contributed by atoms with van der Waals surface area (Å²) in [7, 11) is 0. The average Bonchev–Trinajstić information content (AvgIpc) is 2.89. The van der Waals surface area contributed by atoms with Crippen molar-refractivity contribution in [2.45, 2.75) is 13.3 Å². The van der Waals surface area contributed by atoms with E-state index in [1.807, 2.05) is 0 Å². The van der Waals surface area contributed by atoms with Crippen molar-refractivity contribution in [3.05, 3.63) is 78.4 Å². The van der Waals surface area contributed by atoms with Crippen LogP contribution in [-0.4, -0.2) is 4.57 Å².